The maximum Gasteiger partial charge on any atom is 0.336 e. The number of rotatable bonds is 3. The van der Waals surface area contributed by atoms with Gasteiger partial charge in [0.05, 0.1) is 5.02 Å². The largest absolute Gasteiger partial charge is 0.487 e. The Morgan fingerprint density at radius 1 is 1.23 bits per heavy atom. The van der Waals surface area contributed by atoms with Crippen molar-refractivity contribution < 1.29 is 9.15 Å². The van der Waals surface area contributed by atoms with Crippen LogP contribution in [0.25, 0.3) is 11.0 Å². The first-order chi connectivity index (χ1) is 10.5. The zero-order valence-corrected chi connectivity index (χ0v) is 14.1. The molecule has 0 amide bonds. The topological polar surface area (TPSA) is 39.4 Å². The molecule has 0 N–H and O–H groups in total. The van der Waals surface area contributed by atoms with Gasteiger partial charge in [-0.2, -0.15) is 0 Å². The molecule has 0 unspecified atom stereocenters. The molecule has 1 heterocycles. The molecule has 112 valence electrons. The number of ether oxygens (including phenoxy) is 1. The molecule has 3 nitrogen and oxygen atoms in total. The van der Waals surface area contributed by atoms with Crippen molar-refractivity contribution in [2.75, 3.05) is 0 Å². The summed E-state index contributed by atoms with van der Waals surface area (Å²) in [6.45, 7) is 2.22. The molecule has 3 aromatic rings. The molecule has 0 saturated heterocycles. The maximum atomic E-state index is 11.5. The third-order valence-electron chi connectivity index (χ3n) is 3.29. The van der Waals surface area contributed by atoms with Gasteiger partial charge >= 0.3 is 5.63 Å². The molecule has 0 aliphatic carbocycles. The van der Waals surface area contributed by atoms with Gasteiger partial charge < -0.3 is 9.15 Å². The fraction of sp³-hybridized carbons (Fsp3) is 0.118. The van der Waals surface area contributed by atoms with Gasteiger partial charge in [0, 0.05) is 22.0 Å². The van der Waals surface area contributed by atoms with E-state index in [9.17, 15) is 4.79 Å². The Morgan fingerprint density at radius 2 is 2.05 bits per heavy atom. The maximum absolute atomic E-state index is 11.5. The molecule has 0 bridgehead atoms. The monoisotopic (exact) mass is 378 g/mol. The van der Waals surface area contributed by atoms with E-state index in [1.165, 1.54) is 6.07 Å². The molecule has 0 aliphatic heterocycles. The Kier molecular flexibility index (Phi) is 4.23. The van der Waals surface area contributed by atoms with Gasteiger partial charge in [0.25, 0.3) is 0 Å². The summed E-state index contributed by atoms with van der Waals surface area (Å²) in [4.78, 5) is 11.5. The van der Waals surface area contributed by atoms with Gasteiger partial charge in [-0.3, -0.25) is 0 Å². The zero-order chi connectivity index (χ0) is 15.7. The Labute approximate surface area is 140 Å². The predicted octanol–water partition coefficient (Wildman–Crippen LogP) is 5.10. The number of halogens is 2. The van der Waals surface area contributed by atoms with E-state index in [1.54, 1.807) is 12.1 Å². The predicted molar refractivity (Wildman–Crippen MR) is 90.7 cm³/mol. The average molecular weight is 380 g/mol. The minimum Gasteiger partial charge on any atom is -0.487 e. The van der Waals surface area contributed by atoms with Crippen LogP contribution in [0.3, 0.4) is 0 Å². The first-order valence-corrected chi connectivity index (χ1v) is 7.81. The summed E-state index contributed by atoms with van der Waals surface area (Å²) < 4.78 is 11.9. The Balaban J connectivity index is 1.94. The Hall–Kier alpha value is -1.78. The summed E-state index contributed by atoms with van der Waals surface area (Å²) >= 11 is 9.68. The normalized spacial score (nSPS) is 10.9. The Morgan fingerprint density at radius 3 is 2.82 bits per heavy atom. The second-order valence-electron chi connectivity index (χ2n) is 4.95. The van der Waals surface area contributed by atoms with Gasteiger partial charge in [-0.25, -0.2) is 4.79 Å². The van der Waals surface area contributed by atoms with Gasteiger partial charge in [0.15, 0.2) is 0 Å². The number of aryl methyl sites for hydroxylation is 1. The van der Waals surface area contributed by atoms with Crippen molar-refractivity contribution in [3.05, 3.63) is 73.5 Å². The van der Waals surface area contributed by atoms with Crippen molar-refractivity contribution in [1.82, 2.24) is 0 Å². The molecule has 0 atom stereocenters. The third-order valence-corrected chi connectivity index (χ3v) is 4.08. The molecule has 1 aromatic heterocycles. The van der Waals surface area contributed by atoms with E-state index in [2.05, 4.69) is 15.9 Å². The molecule has 0 radical (unpaired) electrons. The van der Waals surface area contributed by atoms with Crippen LogP contribution in [0.15, 0.2) is 56.1 Å². The minimum atomic E-state index is -0.384. The first-order valence-electron chi connectivity index (χ1n) is 6.64. The van der Waals surface area contributed by atoms with E-state index in [1.807, 2.05) is 31.2 Å². The lowest BCUT2D eigenvalue weighted by Gasteiger charge is -2.10. The molecular formula is C17H12BrClO3. The summed E-state index contributed by atoms with van der Waals surface area (Å²) in [6.07, 6.45) is 0. The molecule has 0 fully saturated rings. The first kappa shape index (κ1) is 15.1. The van der Waals surface area contributed by atoms with Crippen LogP contribution in [-0.2, 0) is 6.61 Å². The molecule has 3 rings (SSSR count). The number of fused-ring (bicyclic) bond motifs is 1. The van der Waals surface area contributed by atoms with Gasteiger partial charge in [0.2, 0.25) is 0 Å². The van der Waals surface area contributed by atoms with Crippen LogP contribution in [0.1, 0.15) is 11.1 Å². The molecule has 0 saturated carbocycles. The van der Waals surface area contributed by atoms with E-state index in [-0.39, 0.29) is 5.63 Å². The highest BCUT2D eigenvalue weighted by molar-refractivity contribution is 9.10. The molecule has 22 heavy (non-hydrogen) atoms. The van der Waals surface area contributed by atoms with Crippen LogP contribution < -0.4 is 10.4 Å². The van der Waals surface area contributed by atoms with E-state index >= 15 is 0 Å². The Bertz CT molecular complexity index is 902. The number of hydrogen-bond donors (Lipinski definition) is 0. The fourth-order valence-electron chi connectivity index (χ4n) is 2.22. The van der Waals surface area contributed by atoms with Gasteiger partial charge in [0.1, 0.15) is 17.9 Å². The summed E-state index contributed by atoms with van der Waals surface area (Å²) in [5.74, 6) is 0.489. The van der Waals surface area contributed by atoms with Gasteiger partial charge in [-0.1, -0.05) is 39.7 Å². The third kappa shape index (κ3) is 3.18. The highest BCUT2D eigenvalue weighted by Crippen LogP contribution is 2.31. The molecule has 0 aliphatic rings. The average Bonchev–Trinajstić information content (AvgIpc) is 2.46. The lowest BCUT2D eigenvalue weighted by molar-refractivity contribution is 0.306. The second kappa shape index (κ2) is 6.15. The fourth-order valence-corrected chi connectivity index (χ4v) is 2.88. The van der Waals surface area contributed by atoms with Crippen molar-refractivity contribution in [2.24, 2.45) is 0 Å². The van der Waals surface area contributed by atoms with E-state index in [4.69, 9.17) is 20.8 Å². The minimum absolute atomic E-state index is 0.376. The van der Waals surface area contributed by atoms with Crippen molar-refractivity contribution in [3.63, 3.8) is 0 Å². The summed E-state index contributed by atoms with van der Waals surface area (Å²) in [7, 11) is 0. The quantitative estimate of drug-likeness (QED) is 0.595. The van der Waals surface area contributed by atoms with Crippen LogP contribution in [0.5, 0.6) is 5.75 Å². The second-order valence-corrected chi connectivity index (χ2v) is 6.27. The van der Waals surface area contributed by atoms with Crippen LogP contribution >= 0.6 is 27.5 Å². The van der Waals surface area contributed by atoms with E-state index < -0.39 is 0 Å². The summed E-state index contributed by atoms with van der Waals surface area (Å²) in [5.41, 5.74) is 1.92. The highest BCUT2D eigenvalue weighted by atomic mass is 79.9. The lowest BCUT2D eigenvalue weighted by Crippen LogP contribution is -2.00. The van der Waals surface area contributed by atoms with Crippen LogP contribution in [-0.4, -0.2) is 0 Å². The van der Waals surface area contributed by atoms with Crippen LogP contribution in [0.4, 0.5) is 0 Å². The van der Waals surface area contributed by atoms with Crippen molar-refractivity contribution in [2.45, 2.75) is 13.5 Å². The SMILES string of the molecule is Cc1cc(=O)oc2cc(OCc3cccc(Br)c3)c(Cl)cc12. The molecular weight excluding hydrogens is 368 g/mol. The summed E-state index contributed by atoms with van der Waals surface area (Å²) in [5, 5.41) is 1.29. The molecule has 0 spiro atoms. The van der Waals surface area contributed by atoms with Crippen LogP contribution in [0.2, 0.25) is 5.02 Å². The van der Waals surface area contributed by atoms with Crippen molar-refractivity contribution in [1.29, 1.82) is 0 Å². The van der Waals surface area contributed by atoms with Crippen molar-refractivity contribution >= 4 is 38.5 Å². The lowest BCUT2D eigenvalue weighted by atomic mass is 10.1. The molecule has 2 aromatic carbocycles. The smallest absolute Gasteiger partial charge is 0.336 e. The zero-order valence-electron chi connectivity index (χ0n) is 11.7. The van der Waals surface area contributed by atoms with Crippen LogP contribution in [0, 0.1) is 6.92 Å². The van der Waals surface area contributed by atoms with E-state index in [0.717, 1.165) is 21.0 Å². The highest BCUT2D eigenvalue weighted by Gasteiger charge is 2.09. The number of benzene rings is 2. The van der Waals surface area contributed by atoms with Gasteiger partial charge in [-0.15, -0.1) is 0 Å². The standard InChI is InChI=1S/C17H12BrClO3/c1-10-5-17(20)22-15-8-16(14(19)7-13(10)15)21-9-11-3-2-4-12(18)6-11/h2-8H,9H2,1H3. The summed E-state index contributed by atoms with van der Waals surface area (Å²) in [6, 6.07) is 12.7. The number of hydrogen-bond acceptors (Lipinski definition) is 3. The van der Waals surface area contributed by atoms with Gasteiger partial charge in [-0.05, 0) is 36.2 Å². The van der Waals surface area contributed by atoms with E-state index in [0.29, 0.717) is 23.0 Å². The van der Waals surface area contributed by atoms with Crippen molar-refractivity contribution in [3.8, 4) is 5.75 Å². The molecule has 5 heteroatoms.